The van der Waals surface area contributed by atoms with E-state index in [2.05, 4.69) is 15.8 Å². The molecule has 0 aliphatic carbocycles. The maximum atomic E-state index is 8.15. The molecule has 1 N–H and O–H groups in total. The highest BCUT2D eigenvalue weighted by atomic mass is 31.0. The molecule has 0 fully saturated rings. The van der Waals surface area contributed by atoms with Crippen molar-refractivity contribution >= 4 is 9.24 Å². The van der Waals surface area contributed by atoms with Gasteiger partial charge in [0.05, 0.1) is 5.76 Å². The largest absolute Gasteiger partial charge is 0.513 e. The molecule has 0 saturated heterocycles. The molecule has 0 aromatic heterocycles. The van der Waals surface area contributed by atoms with Gasteiger partial charge in [0.1, 0.15) is 0 Å². The van der Waals surface area contributed by atoms with Gasteiger partial charge in [-0.05, 0) is 0 Å². The van der Waals surface area contributed by atoms with E-state index in [0.29, 0.717) is 6.16 Å². The molecule has 0 saturated carbocycles. The number of hydrogen-bond donors (Lipinski definition) is 1. The summed E-state index contributed by atoms with van der Waals surface area (Å²) in [5, 5.41) is 8.15. The average Bonchev–Trinajstić information content (AvgIpc) is 1.38. The Kier molecular flexibility index (Phi) is 2.21. The van der Waals surface area contributed by atoms with Crippen LogP contribution in [0, 0.1) is 0 Å². The summed E-state index contributed by atoms with van der Waals surface area (Å²) < 4.78 is 0. The Hall–Kier alpha value is -0.0300. The molecular formula is C3H7OP. The third-order valence-corrected chi connectivity index (χ3v) is 0.707. The van der Waals surface area contributed by atoms with E-state index in [1.807, 2.05) is 0 Å². The van der Waals surface area contributed by atoms with Crippen LogP contribution in [0.3, 0.4) is 0 Å². The Balaban J connectivity index is 2.85. The lowest BCUT2D eigenvalue weighted by Crippen LogP contribution is -1.71. The van der Waals surface area contributed by atoms with Crippen LogP contribution in [0.15, 0.2) is 12.3 Å². The zero-order chi connectivity index (χ0) is 4.28. The third kappa shape index (κ3) is 3.97. The number of aliphatic hydroxyl groups is 1. The van der Waals surface area contributed by atoms with Crippen molar-refractivity contribution in [2.75, 3.05) is 6.16 Å². The molecule has 2 heteroatoms. The van der Waals surface area contributed by atoms with Crippen LogP contribution < -0.4 is 0 Å². The van der Waals surface area contributed by atoms with Gasteiger partial charge in [-0.1, -0.05) is 6.58 Å². The SMILES string of the molecule is C=C(O)CP. The van der Waals surface area contributed by atoms with Crippen molar-refractivity contribution in [3.05, 3.63) is 12.3 Å². The fourth-order valence-corrected chi connectivity index (χ4v) is 0. The summed E-state index contributed by atoms with van der Waals surface area (Å²) in [6.07, 6.45) is 0.583. The Morgan fingerprint density at radius 3 is 2.20 bits per heavy atom. The summed E-state index contributed by atoms with van der Waals surface area (Å²) in [4.78, 5) is 0. The highest BCUT2D eigenvalue weighted by molar-refractivity contribution is 7.16. The topological polar surface area (TPSA) is 20.2 Å². The quantitative estimate of drug-likeness (QED) is 0.375. The van der Waals surface area contributed by atoms with Crippen LogP contribution in [0.2, 0.25) is 0 Å². The van der Waals surface area contributed by atoms with Crippen LogP contribution in [-0.4, -0.2) is 11.3 Å². The van der Waals surface area contributed by atoms with E-state index in [9.17, 15) is 0 Å². The van der Waals surface area contributed by atoms with E-state index in [4.69, 9.17) is 5.11 Å². The minimum absolute atomic E-state index is 0.218. The minimum atomic E-state index is 0.218. The first-order chi connectivity index (χ1) is 2.27. The van der Waals surface area contributed by atoms with Gasteiger partial charge in [0.25, 0.3) is 0 Å². The van der Waals surface area contributed by atoms with Crippen molar-refractivity contribution in [2.45, 2.75) is 0 Å². The van der Waals surface area contributed by atoms with Crippen molar-refractivity contribution in [1.29, 1.82) is 0 Å². The molecule has 0 spiro atoms. The number of rotatable bonds is 1. The third-order valence-electron chi connectivity index (χ3n) is 0.236. The molecule has 0 aromatic rings. The van der Waals surface area contributed by atoms with Crippen molar-refractivity contribution in [1.82, 2.24) is 0 Å². The standard InChI is InChI=1S/C3H7OP/c1-3(4)2-5/h4H,1-2,5H2. The Labute approximate surface area is 33.9 Å². The van der Waals surface area contributed by atoms with Crippen LogP contribution in [0.4, 0.5) is 0 Å². The Bertz CT molecular complexity index is 42.2. The fourth-order valence-electron chi connectivity index (χ4n) is 0. The molecule has 0 aliphatic heterocycles. The van der Waals surface area contributed by atoms with Gasteiger partial charge in [-0.15, -0.1) is 9.24 Å². The second kappa shape index (κ2) is 2.22. The van der Waals surface area contributed by atoms with Crippen molar-refractivity contribution in [3.63, 3.8) is 0 Å². The van der Waals surface area contributed by atoms with Crippen LogP contribution >= 0.6 is 9.24 Å². The first kappa shape index (κ1) is 4.97. The van der Waals surface area contributed by atoms with Crippen LogP contribution in [0.1, 0.15) is 0 Å². The van der Waals surface area contributed by atoms with E-state index in [-0.39, 0.29) is 5.76 Å². The first-order valence-electron chi connectivity index (χ1n) is 1.34. The fraction of sp³-hybridized carbons (Fsp3) is 0.333. The Morgan fingerprint density at radius 2 is 2.20 bits per heavy atom. The molecule has 0 rings (SSSR count). The highest BCUT2D eigenvalue weighted by Gasteiger charge is 1.70. The lowest BCUT2D eigenvalue weighted by molar-refractivity contribution is 0.420. The molecule has 1 unspecified atom stereocenters. The molecule has 0 radical (unpaired) electrons. The molecular weight excluding hydrogens is 83.0 g/mol. The average molecular weight is 90.1 g/mol. The van der Waals surface area contributed by atoms with Gasteiger partial charge in [0, 0.05) is 6.16 Å². The normalized spacial score (nSPS) is 7.40. The van der Waals surface area contributed by atoms with E-state index >= 15 is 0 Å². The van der Waals surface area contributed by atoms with Gasteiger partial charge < -0.3 is 5.11 Å². The number of aliphatic hydroxyl groups excluding tert-OH is 1. The summed E-state index contributed by atoms with van der Waals surface area (Å²) >= 11 is 0. The molecule has 0 aliphatic rings. The van der Waals surface area contributed by atoms with Gasteiger partial charge >= 0.3 is 0 Å². The zero-order valence-electron chi connectivity index (χ0n) is 2.94. The zero-order valence-corrected chi connectivity index (χ0v) is 4.09. The van der Waals surface area contributed by atoms with Crippen LogP contribution in [0.5, 0.6) is 0 Å². The van der Waals surface area contributed by atoms with Crippen LogP contribution in [-0.2, 0) is 0 Å². The predicted octanol–water partition coefficient (Wildman–Crippen LogP) is 0.933. The van der Waals surface area contributed by atoms with E-state index in [1.165, 1.54) is 0 Å². The molecule has 1 atom stereocenters. The van der Waals surface area contributed by atoms with Gasteiger partial charge in [-0.25, -0.2) is 0 Å². The lowest BCUT2D eigenvalue weighted by Gasteiger charge is -1.80. The van der Waals surface area contributed by atoms with Crippen molar-refractivity contribution in [3.8, 4) is 0 Å². The van der Waals surface area contributed by atoms with Gasteiger partial charge in [-0.2, -0.15) is 0 Å². The Morgan fingerprint density at radius 1 is 2.00 bits per heavy atom. The molecule has 0 amide bonds. The smallest absolute Gasteiger partial charge is 0.0888 e. The molecule has 0 bridgehead atoms. The summed E-state index contributed by atoms with van der Waals surface area (Å²) in [5.74, 6) is 0.218. The monoisotopic (exact) mass is 90.0 g/mol. The van der Waals surface area contributed by atoms with E-state index in [1.54, 1.807) is 0 Å². The van der Waals surface area contributed by atoms with Gasteiger partial charge in [0.2, 0.25) is 0 Å². The first-order valence-corrected chi connectivity index (χ1v) is 2.16. The lowest BCUT2D eigenvalue weighted by atomic mass is 10.7. The minimum Gasteiger partial charge on any atom is -0.513 e. The predicted molar refractivity (Wildman–Crippen MR) is 26.3 cm³/mol. The second-order valence-corrected chi connectivity index (χ2v) is 1.18. The van der Waals surface area contributed by atoms with Crippen molar-refractivity contribution < 1.29 is 5.11 Å². The van der Waals surface area contributed by atoms with Gasteiger partial charge in [0.15, 0.2) is 0 Å². The molecule has 30 valence electrons. The summed E-state index contributed by atoms with van der Waals surface area (Å²) in [5.41, 5.74) is 0. The summed E-state index contributed by atoms with van der Waals surface area (Å²) in [7, 11) is 2.34. The number of allylic oxidation sites excluding steroid dienone is 1. The molecule has 1 nitrogen and oxygen atoms in total. The maximum Gasteiger partial charge on any atom is 0.0888 e. The van der Waals surface area contributed by atoms with E-state index < -0.39 is 0 Å². The van der Waals surface area contributed by atoms with E-state index in [0.717, 1.165) is 0 Å². The van der Waals surface area contributed by atoms with Gasteiger partial charge in [-0.3, -0.25) is 0 Å². The summed E-state index contributed by atoms with van der Waals surface area (Å²) in [6.45, 7) is 3.21. The van der Waals surface area contributed by atoms with Crippen molar-refractivity contribution in [2.24, 2.45) is 0 Å². The summed E-state index contributed by atoms with van der Waals surface area (Å²) in [6, 6.07) is 0. The molecule has 5 heavy (non-hydrogen) atoms. The maximum absolute atomic E-state index is 8.15. The second-order valence-electron chi connectivity index (χ2n) is 0.770. The van der Waals surface area contributed by atoms with Crippen LogP contribution in [0.25, 0.3) is 0 Å². The molecule has 0 aromatic carbocycles. The highest BCUT2D eigenvalue weighted by Crippen LogP contribution is 1.86. The molecule has 0 heterocycles. The number of hydrogen-bond acceptors (Lipinski definition) is 1.